The molecule has 8 nitrogen and oxygen atoms in total. The van der Waals surface area contributed by atoms with Crippen LogP contribution < -0.4 is 10.6 Å². The molecule has 0 fully saturated rings. The fraction of sp³-hybridized carbons (Fsp3) is 0.444. The van der Waals surface area contributed by atoms with E-state index in [1.165, 1.54) is 7.11 Å². The molecule has 0 aliphatic heterocycles. The molecule has 3 atom stereocenters. The van der Waals surface area contributed by atoms with Gasteiger partial charge < -0.3 is 25.2 Å². The standard InChI is InChI=1S/C27H34N2O6/c1-4-5-10-18(15-24(30)29-25(26(31)32)17(2)34-3)28-27(33)35-16-23-21-13-8-6-11-19(21)20-12-7-9-14-22(20)23/h6-9,11-14,17-18,23,25H,4-5,10,15-16H2,1-3H3,(H,28,33)(H,29,30)(H,31,32). The van der Waals surface area contributed by atoms with Crippen LogP contribution in [0.15, 0.2) is 48.5 Å². The molecule has 0 saturated carbocycles. The lowest BCUT2D eigenvalue weighted by Gasteiger charge is -2.23. The molecular weight excluding hydrogens is 448 g/mol. The number of ether oxygens (including phenoxy) is 2. The van der Waals surface area contributed by atoms with Crippen LogP contribution in [0.5, 0.6) is 0 Å². The van der Waals surface area contributed by atoms with Crippen molar-refractivity contribution in [3.8, 4) is 11.1 Å². The molecule has 188 valence electrons. The normalized spacial score (nSPS) is 14.8. The number of hydrogen-bond acceptors (Lipinski definition) is 5. The lowest BCUT2D eigenvalue weighted by Crippen LogP contribution is -2.50. The first-order valence-corrected chi connectivity index (χ1v) is 12.0. The van der Waals surface area contributed by atoms with Gasteiger partial charge in [-0.15, -0.1) is 0 Å². The van der Waals surface area contributed by atoms with Crippen molar-refractivity contribution >= 4 is 18.0 Å². The largest absolute Gasteiger partial charge is 0.480 e. The monoisotopic (exact) mass is 482 g/mol. The molecule has 3 unspecified atom stereocenters. The minimum Gasteiger partial charge on any atom is -0.480 e. The summed E-state index contributed by atoms with van der Waals surface area (Å²) in [5, 5.41) is 14.7. The second-order valence-electron chi connectivity index (χ2n) is 8.84. The van der Waals surface area contributed by atoms with E-state index in [-0.39, 0.29) is 18.9 Å². The average Bonchev–Trinajstić information content (AvgIpc) is 3.17. The Balaban J connectivity index is 1.61. The molecule has 2 aromatic carbocycles. The number of carboxylic acid groups (broad SMARTS) is 1. The van der Waals surface area contributed by atoms with Crippen molar-refractivity contribution in [3.05, 3.63) is 59.7 Å². The predicted molar refractivity (Wildman–Crippen MR) is 132 cm³/mol. The third-order valence-electron chi connectivity index (χ3n) is 6.43. The van der Waals surface area contributed by atoms with Gasteiger partial charge in [0.05, 0.1) is 6.10 Å². The molecule has 0 aromatic heterocycles. The number of nitrogens with one attached hydrogen (secondary N) is 2. The van der Waals surface area contributed by atoms with Gasteiger partial charge >= 0.3 is 12.1 Å². The van der Waals surface area contributed by atoms with E-state index in [1.54, 1.807) is 6.92 Å². The molecule has 8 heteroatoms. The topological polar surface area (TPSA) is 114 Å². The maximum atomic E-state index is 12.7. The van der Waals surface area contributed by atoms with E-state index in [0.717, 1.165) is 35.1 Å². The smallest absolute Gasteiger partial charge is 0.407 e. The van der Waals surface area contributed by atoms with E-state index in [4.69, 9.17) is 9.47 Å². The molecule has 0 heterocycles. The number of carbonyl (C=O) groups excluding carboxylic acids is 2. The van der Waals surface area contributed by atoms with E-state index in [2.05, 4.69) is 34.9 Å². The zero-order chi connectivity index (χ0) is 25.4. The number of carbonyl (C=O) groups is 3. The summed E-state index contributed by atoms with van der Waals surface area (Å²) in [6.45, 7) is 3.77. The second-order valence-corrected chi connectivity index (χ2v) is 8.84. The zero-order valence-corrected chi connectivity index (χ0v) is 20.5. The second kappa shape index (κ2) is 12.4. The first-order chi connectivity index (χ1) is 16.8. The number of rotatable bonds is 12. The van der Waals surface area contributed by atoms with Crippen LogP contribution in [0.25, 0.3) is 11.1 Å². The predicted octanol–water partition coefficient (Wildman–Crippen LogP) is 4.08. The number of alkyl carbamates (subject to hydrolysis) is 1. The number of methoxy groups -OCH3 is 1. The summed E-state index contributed by atoms with van der Waals surface area (Å²) in [7, 11) is 1.38. The number of fused-ring (bicyclic) bond motifs is 3. The van der Waals surface area contributed by atoms with Gasteiger partial charge in [-0.1, -0.05) is 68.3 Å². The Hall–Kier alpha value is -3.39. The molecule has 0 radical (unpaired) electrons. The Morgan fingerprint density at radius 2 is 1.60 bits per heavy atom. The van der Waals surface area contributed by atoms with E-state index in [0.29, 0.717) is 6.42 Å². The van der Waals surface area contributed by atoms with Crippen molar-refractivity contribution in [3.63, 3.8) is 0 Å². The van der Waals surface area contributed by atoms with Gasteiger partial charge in [0.1, 0.15) is 6.61 Å². The molecule has 0 saturated heterocycles. The Morgan fingerprint density at radius 3 is 2.14 bits per heavy atom. The molecule has 2 amide bonds. The molecule has 35 heavy (non-hydrogen) atoms. The molecule has 2 aromatic rings. The van der Waals surface area contributed by atoms with Crippen LogP contribution in [0.2, 0.25) is 0 Å². The van der Waals surface area contributed by atoms with Crippen molar-refractivity contribution < 1.29 is 29.0 Å². The number of aliphatic carboxylic acids is 1. The van der Waals surface area contributed by atoms with E-state index < -0.39 is 36.2 Å². The third-order valence-corrected chi connectivity index (χ3v) is 6.43. The van der Waals surface area contributed by atoms with E-state index in [9.17, 15) is 19.5 Å². The van der Waals surface area contributed by atoms with E-state index >= 15 is 0 Å². The fourth-order valence-corrected chi connectivity index (χ4v) is 4.45. The molecule has 3 N–H and O–H groups in total. The number of amides is 2. The van der Waals surface area contributed by atoms with Crippen LogP contribution in [0.1, 0.15) is 56.6 Å². The summed E-state index contributed by atoms with van der Waals surface area (Å²) in [5.74, 6) is -1.71. The van der Waals surface area contributed by atoms with Gasteiger partial charge in [0.15, 0.2) is 6.04 Å². The molecule has 3 rings (SSSR count). The number of unbranched alkanes of at least 4 members (excludes halogenated alkanes) is 1. The first kappa shape index (κ1) is 26.2. The highest BCUT2D eigenvalue weighted by atomic mass is 16.5. The van der Waals surface area contributed by atoms with Crippen molar-refractivity contribution in [2.24, 2.45) is 0 Å². The summed E-state index contributed by atoms with van der Waals surface area (Å²) in [5.41, 5.74) is 4.53. The average molecular weight is 483 g/mol. The summed E-state index contributed by atoms with van der Waals surface area (Å²) in [6.07, 6.45) is 0.929. The zero-order valence-electron chi connectivity index (χ0n) is 20.5. The lowest BCUT2D eigenvalue weighted by atomic mass is 9.98. The van der Waals surface area contributed by atoms with Crippen LogP contribution in [0.3, 0.4) is 0 Å². The van der Waals surface area contributed by atoms with Gasteiger partial charge in [0, 0.05) is 25.5 Å². The van der Waals surface area contributed by atoms with Crippen molar-refractivity contribution in [1.29, 1.82) is 0 Å². The van der Waals surface area contributed by atoms with Gasteiger partial charge in [-0.25, -0.2) is 9.59 Å². The number of benzene rings is 2. The quantitative estimate of drug-likeness (QED) is 0.420. The minimum atomic E-state index is -1.18. The Labute approximate surface area is 206 Å². The summed E-state index contributed by atoms with van der Waals surface area (Å²) < 4.78 is 10.7. The van der Waals surface area contributed by atoms with Crippen molar-refractivity contribution in [2.45, 2.75) is 63.6 Å². The maximum absolute atomic E-state index is 12.7. The van der Waals surface area contributed by atoms with Crippen LogP contribution >= 0.6 is 0 Å². The first-order valence-electron chi connectivity index (χ1n) is 12.0. The van der Waals surface area contributed by atoms with Crippen LogP contribution in [-0.4, -0.2) is 55.0 Å². The lowest BCUT2D eigenvalue weighted by molar-refractivity contribution is -0.145. The Morgan fingerprint density at radius 1 is 1.00 bits per heavy atom. The fourth-order valence-electron chi connectivity index (χ4n) is 4.45. The highest BCUT2D eigenvalue weighted by molar-refractivity contribution is 5.84. The van der Waals surface area contributed by atoms with Gasteiger partial charge in [-0.05, 0) is 35.6 Å². The SMILES string of the molecule is CCCCC(CC(=O)NC(C(=O)O)C(C)OC)NC(=O)OCC1c2ccccc2-c2ccccc21. The Kier molecular flexibility index (Phi) is 9.25. The number of hydrogen-bond donors (Lipinski definition) is 3. The number of carboxylic acids is 1. The molecule has 1 aliphatic rings. The van der Waals surface area contributed by atoms with Crippen molar-refractivity contribution in [1.82, 2.24) is 10.6 Å². The van der Waals surface area contributed by atoms with Crippen LogP contribution in [-0.2, 0) is 19.1 Å². The van der Waals surface area contributed by atoms with Gasteiger partial charge in [0.25, 0.3) is 0 Å². The third kappa shape index (κ3) is 6.60. The summed E-state index contributed by atoms with van der Waals surface area (Å²) >= 11 is 0. The highest BCUT2D eigenvalue weighted by Gasteiger charge is 2.30. The van der Waals surface area contributed by atoms with Gasteiger partial charge in [0.2, 0.25) is 5.91 Å². The van der Waals surface area contributed by atoms with Crippen molar-refractivity contribution in [2.75, 3.05) is 13.7 Å². The van der Waals surface area contributed by atoms with E-state index in [1.807, 2.05) is 31.2 Å². The minimum absolute atomic E-state index is 0.0512. The Bertz CT molecular complexity index is 994. The molecule has 1 aliphatic carbocycles. The molecule has 0 bridgehead atoms. The highest BCUT2D eigenvalue weighted by Crippen LogP contribution is 2.44. The van der Waals surface area contributed by atoms with Crippen LogP contribution in [0, 0.1) is 0 Å². The summed E-state index contributed by atoms with van der Waals surface area (Å²) in [4.78, 5) is 36.7. The molecule has 0 spiro atoms. The van der Waals surface area contributed by atoms with Gasteiger partial charge in [-0.2, -0.15) is 0 Å². The molecular formula is C27H34N2O6. The maximum Gasteiger partial charge on any atom is 0.407 e. The van der Waals surface area contributed by atoms with Gasteiger partial charge in [-0.3, -0.25) is 4.79 Å². The summed E-state index contributed by atoms with van der Waals surface area (Å²) in [6, 6.07) is 14.6. The van der Waals surface area contributed by atoms with Crippen LogP contribution in [0.4, 0.5) is 4.79 Å².